The van der Waals surface area contributed by atoms with E-state index in [2.05, 4.69) is 25.2 Å². The second-order valence-corrected chi connectivity index (χ2v) is 6.49. The first-order valence-electron chi connectivity index (χ1n) is 8.84. The van der Waals surface area contributed by atoms with Gasteiger partial charge in [-0.3, -0.25) is 4.79 Å². The summed E-state index contributed by atoms with van der Waals surface area (Å²) >= 11 is 0. The zero-order valence-electron chi connectivity index (χ0n) is 15.7. The molecule has 0 bridgehead atoms. The first-order chi connectivity index (χ1) is 12.5. The van der Waals surface area contributed by atoms with Gasteiger partial charge in [-0.1, -0.05) is 6.92 Å². The Morgan fingerprint density at radius 3 is 2.88 bits per heavy atom. The van der Waals surface area contributed by atoms with E-state index in [1.807, 2.05) is 19.9 Å². The second-order valence-electron chi connectivity index (χ2n) is 6.49. The Bertz CT molecular complexity index is 776. The van der Waals surface area contributed by atoms with Crippen molar-refractivity contribution in [2.24, 2.45) is 0 Å². The van der Waals surface area contributed by atoms with Crippen molar-refractivity contribution in [3.05, 3.63) is 35.4 Å². The Hall–Kier alpha value is -2.48. The van der Waals surface area contributed by atoms with Crippen molar-refractivity contribution in [1.29, 1.82) is 0 Å². The molecule has 1 aliphatic heterocycles. The highest BCUT2D eigenvalue weighted by atomic mass is 16.5. The topological polar surface area (TPSA) is 93.4 Å². The predicted octanol–water partition coefficient (Wildman–Crippen LogP) is 1.67. The minimum absolute atomic E-state index is 0.0936. The molecule has 3 heterocycles. The molecule has 0 saturated carbocycles. The zero-order valence-corrected chi connectivity index (χ0v) is 15.7. The monoisotopic (exact) mass is 359 g/mol. The van der Waals surface area contributed by atoms with Crippen LogP contribution in [-0.2, 0) is 11.2 Å². The highest BCUT2D eigenvalue weighted by molar-refractivity contribution is 5.93. The van der Waals surface area contributed by atoms with Gasteiger partial charge in [0.25, 0.3) is 5.91 Å². The quantitative estimate of drug-likeness (QED) is 0.838. The number of anilines is 1. The molecule has 8 heteroatoms. The van der Waals surface area contributed by atoms with Gasteiger partial charge in [-0.2, -0.15) is 0 Å². The van der Waals surface area contributed by atoms with Crippen LogP contribution in [0, 0.1) is 13.8 Å². The number of rotatable bonds is 6. The third-order valence-electron chi connectivity index (χ3n) is 4.65. The van der Waals surface area contributed by atoms with Crippen LogP contribution < -0.4 is 10.2 Å². The SMILES string of the molecule is CCc1nc(C(=O)NC[C@@H]2C[C@H](OC)CN2c2cc(C)ncn2)c(C)o1. The summed E-state index contributed by atoms with van der Waals surface area (Å²) in [5, 5.41) is 2.98. The van der Waals surface area contributed by atoms with E-state index < -0.39 is 0 Å². The van der Waals surface area contributed by atoms with E-state index in [0.717, 1.165) is 24.5 Å². The van der Waals surface area contributed by atoms with E-state index in [0.29, 0.717) is 30.3 Å². The minimum atomic E-state index is -0.217. The van der Waals surface area contributed by atoms with Gasteiger partial charge < -0.3 is 19.4 Å². The van der Waals surface area contributed by atoms with Crippen LogP contribution in [0.25, 0.3) is 0 Å². The smallest absolute Gasteiger partial charge is 0.273 e. The molecule has 0 aliphatic carbocycles. The Labute approximate surface area is 153 Å². The summed E-state index contributed by atoms with van der Waals surface area (Å²) in [6.07, 6.45) is 3.14. The van der Waals surface area contributed by atoms with Crippen molar-refractivity contribution in [3.63, 3.8) is 0 Å². The molecular formula is C18H25N5O3. The molecule has 0 spiro atoms. The summed E-state index contributed by atoms with van der Waals surface area (Å²) in [7, 11) is 1.71. The second kappa shape index (κ2) is 7.82. The van der Waals surface area contributed by atoms with Gasteiger partial charge >= 0.3 is 0 Å². The molecule has 2 aromatic heterocycles. The standard InChI is InChI=1S/C18H25N5O3/c1-5-16-22-17(12(3)26-16)18(24)19-8-13-7-14(25-4)9-23(13)15-6-11(2)20-10-21-15/h6,10,13-14H,5,7-9H2,1-4H3,(H,19,24)/t13-,14-/m0/s1. The van der Waals surface area contributed by atoms with Crippen molar-refractivity contribution in [1.82, 2.24) is 20.3 Å². The lowest BCUT2D eigenvalue weighted by Gasteiger charge is -2.25. The normalized spacial score (nSPS) is 19.8. The van der Waals surface area contributed by atoms with Gasteiger partial charge in [0, 0.05) is 38.4 Å². The Balaban J connectivity index is 1.70. The molecule has 1 N–H and O–H groups in total. The fourth-order valence-corrected chi connectivity index (χ4v) is 3.22. The molecule has 1 aliphatic rings. The first kappa shape index (κ1) is 18.3. The summed E-state index contributed by atoms with van der Waals surface area (Å²) in [6.45, 7) is 6.85. The van der Waals surface area contributed by atoms with Crippen LogP contribution in [0.2, 0.25) is 0 Å². The van der Waals surface area contributed by atoms with Crippen LogP contribution in [0.1, 0.15) is 41.2 Å². The maximum Gasteiger partial charge on any atom is 0.273 e. The number of amides is 1. The number of hydrogen-bond donors (Lipinski definition) is 1. The molecule has 3 rings (SSSR count). The molecule has 0 aromatic carbocycles. The lowest BCUT2D eigenvalue weighted by molar-refractivity contribution is 0.0940. The highest BCUT2D eigenvalue weighted by Crippen LogP contribution is 2.25. The lowest BCUT2D eigenvalue weighted by Crippen LogP contribution is -2.41. The fraction of sp³-hybridized carbons (Fsp3) is 0.556. The van der Waals surface area contributed by atoms with Gasteiger partial charge in [0.05, 0.1) is 12.1 Å². The molecule has 1 amide bonds. The molecule has 2 atom stereocenters. The van der Waals surface area contributed by atoms with E-state index in [1.165, 1.54) is 0 Å². The third-order valence-corrected chi connectivity index (χ3v) is 4.65. The summed E-state index contributed by atoms with van der Waals surface area (Å²) in [5.74, 6) is 1.75. The molecule has 1 saturated heterocycles. The van der Waals surface area contributed by atoms with Crippen molar-refractivity contribution in [2.75, 3.05) is 25.1 Å². The van der Waals surface area contributed by atoms with Crippen molar-refractivity contribution in [3.8, 4) is 0 Å². The molecule has 0 unspecified atom stereocenters. The number of aromatic nitrogens is 3. The number of carbonyl (C=O) groups is 1. The van der Waals surface area contributed by atoms with Crippen LogP contribution in [-0.4, -0.2) is 53.2 Å². The summed E-state index contributed by atoms with van der Waals surface area (Å²) in [6, 6.07) is 2.04. The molecule has 2 aromatic rings. The minimum Gasteiger partial charge on any atom is -0.445 e. The Kier molecular flexibility index (Phi) is 5.51. The summed E-state index contributed by atoms with van der Waals surface area (Å²) in [4.78, 5) is 27.4. The van der Waals surface area contributed by atoms with Crippen molar-refractivity contribution in [2.45, 2.75) is 45.8 Å². The van der Waals surface area contributed by atoms with Gasteiger partial charge in [0.2, 0.25) is 0 Å². The van der Waals surface area contributed by atoms with E-state index in [9.17, 15) is 4.79 Å². The Morgan fingerprint density at radius 2 is 2.23 bits per heavy atom. The van der Waals surface area contributed by atoms with Crippen LogP contribution >= 0.6 is 0 Å². The number of oxazole rings is 1. The molecule has 1 fully saturated rings. The number of carbonyl (C=O) groups excluding carboxylic acids is 1. The molecule has 26 heavy (non-hydrogen) atoms. The van der Waals surface area contributed by atoms with Crippen LogP contribution in [0.4, 0.5) is 5.82 Å². The van der Waals surface area contributed by atoms with E-state index in [-0.39, 0.29) is 18.1 Å². The number of ether oxygens (including phenoxy) is 1. The van der Waals surface area contributed by atoms with E-state index >= 15 is 0 Å². The largest absolute Gasteiger partial charge is 0.445 e. The maximum absolute atomic E-state index is 12.5. The zero-order chi connectivity index (χ0) is 18.7. The van der Waals surface area contributed by atoms with Gasteiger partial charge in [-0.15, -0.1) is 0 Å². The van der Waals surface area contributed by atoms with Gasteiger partial charge in [0.1, 0.15) is 17.9 Å². The van der Waals surface area contributed by atoms with E-state index in [1.54, 1.807) is 20.4 Å². The fourth-order valence-electron chi connectivity index (χ4n) is 3.22. The molecule has 0 radical (unpaired) electrons. The molecule has 8 nitrogen and oxygen atoms in total. The maximum atomic E-state index is 12.5. The van der Waals surface area contributed by atoms with Crippen molar-refractivity contribution >= 4 is 11.7 Å². The first-order valence-corrected chi connectivity index (χ1v) is 8.84. The average Bonchev–Trinajstić information content (AvgIpc) is 3.22. The summed E-state index contributed by atoms with van der Waals surface area (Å²) in [5.41, 5.74) is 1.26. The van der Waals surface area contributed by atoms with Gasteiger partial charge in [-0.05, 0) is 20.3 Å². The average molecular weight is 359 g/mol. The van der Waals surface area contributed by atoms with E-state index in [4.69, 9.17) is 9.15 Å². The number of aryl methyl sites for hydroxylation is 3. The number of nitrogens with one attached hydrogen (secondary N) is 1. The molecule has 140 valence electrons. The number of methoxy groups -OCH3 is 1. The van der Waals surface area contributed by atoms with Crippen LogP contribution in [0.3, 0.4) is 0 Å². The molecular weight excluding hydrogens is 334 g/mol. The van der Waals surface area contributed by atoms with Crippen LogP contribution in [0.15, 0.2) is 16.8 Å². The lowest BCUT2D eigenvalue weighted by atomic mass is 10.2. The Morgan fingerprint density at radius 1 is 1.42 bits per heavy atom. The predicted molar refractivity (Wildman–Crippen MR) is 96.3 cm³/mol. The summed E-state index contributed by atoms with van der Waals surface area (Å²) < 4.78 is 11.0. The number of nitrogens with zero attached hydrogens (tertiary/aromatic N) is 4. The van der Waals surface area contributed by atoms with Gasteiger partial charge in [-0.25, -0.2) is 15.0 Å². The van der Waals surface area contributed by atoms with Crippen LogP contribution in [0.5, 0.6) is 0 Å². The third kappa shape index (κ3) is 3.85. The van der Waals surface area contributed by atoms with Gasteiger partial charge in [0.15, 0.2) is 11.6 Å². The van der Waals surface area contributed by atoms with Crippen molar-refractivity contribution < 1.29 is 13.9 Å². The highest BCUT2D eigenvalue weighted by Gasteiger charge is 2.33. The number of hydrogen-bond acceptors (Lipinski definition) is 7.